The van der Waals surface area contributed by atoms with E-state index in [0.717, 1.165) is 0 Å². The molecule has 1 aromatic carbocycles. The summed E-state index contributed by atoms with van der Waals surface area (Å²) in [5.41, 5.74) is 1.25. The first-order chi connectivity index (χ1) is 8.74. The highest BCUT2D eigenvalue weighted by Gasteiger charge is 2.17. The van der Waals surface area contributed by atoms with Crippen molar-refractivity contribution in [3.63, 3.8) is 0 Å². The molecule has 0 bridgehead atoms. The van der Waals surface area contributed by atoms with Gasteiger partial charge in [0.15, 0.2) is 5.71 Å². The fourth-order valence-corrected chi connectivity index (χ4v) is 1.39. The molecule has 0 spiro atoms. The number of aldehydes is 1. The summed E-state index contributed by atoms with van der Waals surface area (Å²) in [5, 5.41) is 3.65. The molecule has 0 fully saturated rings. The van der Waals surface area contributed by atoms with Crippen LogP contribution in [0, 0.1) is 0 Å². The summed E-state index contributed by atoms with van der Waals surface area (Å²) in [7, 11) is 2.60. The molecule has 0 aromatic heterocycles. The maximum absolute atomic E-state index is 11.6. The minimum absolute atomic E-state index is 0.0474. The third-order valence-electron chi connectivity index (χ3n) is 2.13. The fraction of sp³-hybridized carbons (Fsp3) is 0.154. The molecule has 0 amide bonds. The topological polar surface area (TPSA) is 65.0 Å². The molecule has 0 aliphatic rings. The van der Waals surface area contributed by atoms with Gasteiger partial charge in [0.2, 0.25) is 0 Å². The van der Waals surface area contributed by atoms with E-state index in [4.69, 9.17) is 0 Å². The molecule has 1 rings (SSSR count). The van der Waals surface area contributed by atoms with E-state index in [2.05, 4.69) is 14.7 Å². The van der Waals surface area contributed by atoms with Crippen LogP contribution in [0.5, 0.6) is 0 Å². The molecule has 1 aromatic rings. The number of esters is 1. The van der Waals surface area contributed by atoms with E-state index in [0.29, 0.717) is 17.4 Å². The predicted molar refractivity (Wildman–Crippen MR) is 67.1 cm³/mol. The van der Waals surface area contributed by atoms with Gasteiger partial charge in [-0.3, -0.25) is 4.79 Å². The van der Waals surface area contributed by atoms with E-state index in [1.807, 2.05) is 0 Å². The van der Waals surface area contributed by atoms with Crippen molar-refractivity contribution in [2.75, 3.05) is 14.2 Å². The van der Waals surface area contributed by atoms with Gasteiger partial charge in [0.25, 0.3) is 0 Å². The van der Waals surface area contributed by atoms with Crippen LogP contribution in [0.25, 0.3) is 6.08 Å². The number of oxime groups is 1. The van der Waals surface area contributed by atoms with Crippen molar-refractivity contribution in [1.82, 2.24) is 0 Å². The highest BCUT2D eigenvalue weighted by atomic mass is 16.6. The molecule has 0 unspecified atom stereocenters. The van der Waals surface area contributed by atoms with Gasteiger partial charge in [0.1, 0.15) is 13.4 Å². The standard InChI is InChI=1S/C13H13NO4/c1-17-13(16)12(14-18-2)11-8-4-3-6-10(11)7-5-9-15/h3-9H,1-2H3. The second-order valence-corrected chi connectivity index (χ2v) is 3.20. The number of carbonyl (C=O) groups excluding carboxylic acids is 2. The van der Waals surface area contributed by atoms with E-state index >= 15 is 0 Å². The SMILES string of the molecule is CON=C(C(=O)OC)c1ccccc1C=CC=O. The van der Waals surface area contributed by atoms with Gasteiger partial charge in [-0.2, -0.15) is 0 Å². The van der Waals surface area contributed by atoms with Crippen LogP contribution in [0.1, 0.15) is 11.1 Å². The molecule has 0 atom stereocenters. The van der Waals surface area contributed by atoms with Crippen LogP contribution in [0.2, 0.25) is 0 Å². The van der Waals surface area contributed by atoms with Crippen molar-refractivity contribution in [2.45, 2.75) is 0 Å². The van der Waals surface area contributed by atoms with Gasteiger partial charge < -0.3 is 9.57 Å². The summed E-state index contributed by atoms with van der Waals surface area (Å²) in [6.07, 6.45) is 3.57. The summed E-state index contributed by atoms with van der Waals surface area (Å²) >= 11 is 0. The molecule has 0 radical (unpaired) electrons. The number of hydrogen-bond acceptors (Lipinski definition) is 5. The second kappa shape index (κ2) is 7.01. The first-order valence-corrected chi connectivity index (χ1v) is 5.15. The van der Waals surface area contributed by atoms with Crippen molar-refractivity contribution >= 4 is 24.0 Å². The number of methoxy groups -OCH3 is 1. The van der Waals surface area contributed by atoms with Gasteiger partial charge in [-0.15, -0.1) is 0 Å². The largest absolute Gasteiger partial charge is 0.464 e. The Hall–Kier alpha value is -2.43. The van der Waals surface area contributed by atoms with E-state index in [1.165, 1.54) is 20.3 Å². The summed E-state index contributed by atoms with van der Waals surface area (Å²) in [5.74, 6) is -0.608. The normalized spacial score (nSPS) is 11.3. The van der Waals surface area contributed by atoms with Crippen molar-refractivity contribution in [3.8, 4) is 0 Å². The molecule has 0 aliphatic heterocycles. The average Bonchev–Trinajstić information content (AvgIpc) is 2.42. The third kappa shape index (κ3) is 3.28. The Morgan fingerprint density at radius 3 is 2.61 bits per heavy atom. The number of ether oxygens (including phenoxy) is 1. The molecular weight excluding hydrogens is 234 g/mol. The minimum Gasteiger partial charge on any atom is -0.464 e. The van der Waals surface area contributed by atoms with Crippen molar-refractivity contribution in [3.05, 3.63) is 41.5 Å². The molecule has 0 heterocycles. The van der Waals surface area contributed by atoms with Crippen LogP contribution >= 0.6 is 0 Å². The number of allylic oxidation sites excluding steroid dienone is 1. The van der Waals surface area contributed by atoms with Gasteiger partial charge in [-0.1, -0.05) is 35.5 Å². The second-order valence-electron chi connectivity index (χ2n) is 3.20. The van der Waals surface area contributed by atoms with Crippen molar-refractivity contribution < 1.29 is 19.2 Å². The van der Waals surface area contributed by atoms with Crippen molar-refractivity contribution in [2.24, 2.45) is 5.16 Å². The molecule has 0 aliphatic carbocycles. The van der Waals surface area contributed by atoms with Gasteiger partial charge >= 0.3 is 5.97 Å². The first-order valence-electron chi connectivity index (χ1n) is 5.15. The monoisotopic (exact) mass is 247 g/mol. The Morgan fingerprint density at radius 1 is 1.28 bits per heavy atom. The minimum atomic E-state index is -0.608. The van der Waals surface area contributed by atoms with Gasteiger partial charge in [-0.05, 0) is 11.6 Å². The molecule has 5 heteroatoms. The first kappa shape index (κ1) is 13.6. The maximum Gasteiger partial charge on any atom is 0.360 e. The van der Waals surface area contributed by atoms with E-state index < -0.39 is 5.97 Å². The summed E-state index contributed by atoms with van der Waals surface area (Å²) in [6.45, 7) is 0. The lowest BCUT2D eigenvalue weighted by atomic mass is 10.0. The Balaban J connectivity index is 3.28. The number of nitrogens with zero attached hydrogens (tertiary/aromatic N) is 1. The van der Waals surface area contributed by atoms with Crippen LogP contribution in [0.3, 0.4) is 0 Å². The summed E-state index contributed by atoms with van der Waals surface area (Å²) in [6, 6.07) is 6.99. The lowest BCUT2D eigenvalue weighted by molar-refractivity contribution is -0.132. The van der Waals surface area contributed by atoms with Gasteiger partial charge in [0, 0.05) is 5.56 Å². The van der Waals surface area contributed by atoms with Crippen LogP contribution < -0.4 is 0 Å². The zero-order chi connectivity index (χ0) is 13.4. The van der Waals surface area contributed by atoms with Crippen LogP contribution in [0.4, 0.5) is 0 Å². The molecule has 18 heavy (non-hydrogen) atoms. The molecule has 0 saturated heterocycles. The fourth-order valence-electron chi connectivity index (χ4n) is 1.39. The lowest BCUT2D eigenvalue weighted by Crippen LogP contribution is -2.18. The Morgan fingerprint density at radius 2 is 2.00 bits per heavy atom. The molecule has 5 nitrogen and oxygen atoms in total. The van der Waals surface area contributed by atoms with E-state index in [1.54, 1.807) is 30.3 Å². The molecule has 0 saturated carbocycles. The number of benzene rings is 1. The number of hydrogen-bond donors (Lipinski definition) is 0. The molecule has 94 valence electrons. The van der Waals surface area contributed by atoms with Crippen LogP contribution in [-0.4, -0.2) is 32.2 Å². The van der Waals surface area contributed by atoms with E-state index in [-0.39, 0.29) is 5.71 Å². The highest BCUT2D eigenvalue weighted by molar-refractivity contribution is 6.43. The summed E-state index contributed by atoms with van der Waals surface area (Å²) in [4.78, 5) is 26.6. The highest BCUT2D eigenvalue weighted by Crippen LogP contribution is 2.13. The zero-order valence-electron chi connectivity index (χ0n) is 10.1. The average molecular weight is 247 g/mol. The lowest BCUT2D eigenvalue weighted by Gasteiger charge is -2.06. The smallest absolute Gasteiger partial charge is 0.360 e. The number of carbonyl (C=O) groups is 2. The van der Waals surface area contributed by atoms with Gasteiger partial charge in [-0.25, -0.2) is 4.79 Å². The number of rotatable bonds is 5. The molecule has 0 N–H and O–H groups in total. The molecular formula is C13H13NO4. The third-order valence-corrected chi connectivity index (χ3v) is 2.13. The Kier molecular flexibility index (Phi) is 5.31. The van der Waals surface area contributed by atoms with Crippen LogP contribution in [0.15, 0.2) is 35.5 Å². The van der Waals surface area contributed by atoms with Crippen LogP contribution in [-0.2, 0) is 19.2 Å². The zero-order valence-corrected chi connectivity index (χ0v) is 10.1. The van der Waals surface area contributed by atoms with Crippen molar-refractivity contribution in [1.29, 1.82) is 0 Å². The Bertz CT molecular complexity index is 492. The maximum atomic E-state index is 11.6. The quantitative estimate of drug-likeness (QED) is 0.259. The van der Waals surface area contributed by atoms with Gasteiger partial charge in [0.05, 0.1) is 7.11 Å². The summed E-state index contributed by atoms with van der Waals surface area (Å²) < 4.78 is 4.64. The Labute approximate surface area is 105 Å². The van der Waals surface area contributed by atoms with E-state index in [9.17, 15) is 9.59 Å². The predicted octanol–water partition coefficient (Wildman–Crippen LogP) is 1.42.